The quantitative estimate of drug-likeness (QED) is 0.696. The molecule has 2 rings (SSSR count). The second-order valence-electron chi connectivity index (χ2n) is 4.24. The van der Waals surface area contributed by atoms with Gasteiger partial charge in [-0.15, -0.1) is 0 Å². The van der Waals surface area contributed by atoms with Gasteiger partial charge in [0.2, 0.25) is 0 Å². The van der Waals surface area contributed by atoms with Crippen molar-refractivity contribution in [1.29, 1.82) is 0 Å². The SMILES string of the molecule is CCC[n+]1ccn(-c2ccc(C)cc2)c1C. The van der Waals surface area contributed by atoms with E-state index in [1.54, 1.807) is 0 Å². The van der Waals surface area contributed by atoms with Crippen LogP contribution in [0.2, 0.25) is 0 Å². The molecule has 0 spiro atoms. The Morgan fingerprint density at radius 2 is 1.81 bits per heavy atom. The molecule has 0 radical (unpaired) electrons. The third kappa shape index (κ3) is 2.01. The van der Waals surface area contributed by atoms with E-state index in [4.69, 9.17) is 0 Å². The van der Waals surface area contributed by atoms with Crippen LogP contribution in [0.1, 0.15) is 24.7 Å². The Morgan fingerprint density at radius 3 is 2.44 bits per heavy atom. The summed E-state index contributed by atoms with van der Waals surface area (Å²) in [6.07, 6.45) is 5.46. The van der Waals surface area contributed by atoms with Crippen LogP contribution in [0.4, 0.5) is 0 Å². The highest BCUT2D eigenvalue weighted by atomic mass is 15.1. The van der Waals surface area contributed by atoms with E-state index in [-0.39, 0.29) is 0 Å². The van der Waals surface area contributed by atoms with Gasteiger partial charge in [0.25, 0.3) is 5.82 Å². The Bertz CT molecular complexity index is 466. The zero-order valence-electron chi connectivity index (χ0n) is 10.3. The van der Waals surface area contributed by atoms with Crippen LogP contribution in [0.25, 0.3) is 5.69 Å². The lowest BCUT2D eigenvalue weighted by molar-refractivity contribution is -0.702. The standard InChI is InChI=1S/C14H19N2/c1-4-9-15-10-11-16(13(15)3)14-7-5-12(2)6-8-14/h5-8,10-11H,4,9H2,1-3H3/q+1. The summed E-state index contributed by atoms with van der Waals surface area (Å²) in [5.74, 6) is 1.28. The van der Waals surface area contributed by atoms with Gasteiger partial charge in [0.05, 0.1) is 6.54 Å². The minimum absolute atomic E-state index is 1.09. The maximum Gasteiger partial charge on any atom is 0.258 e. The molecule has 0 aliphatic heterocycles. The van der Waals surface area contributed by atoms with Gasteiger partial charge in [-0.1, -0.05) is 24.6 Å². The van der Waals surface area contributed by atoms with Crippen molar-refractivity contribution in [3.8, 4) is 5.69 Å². The van der Waals surface area contributed by atoms with Gasteiger partial charge in [-0.2, -0.15) is 0 Å². The van der Waals surface area contributed by atoms with E-state index < -0.39 is 0 Å². The molecule has 1 aromatic carbocycles. The van der Waals surface area contributed by atoms with E-state index in [0.29, 0.717) is 0 Å². The molecular weight excluding hydrogens is 196 g/mol. The van der Waals surface area contributed by atoms with Crippen molar-refractivity contribution in [2.24, 2.45) is 0 Å². The van der Waals surface area contributed by atoms with Crippen LogP contribution in [0, 0.1) is 13.8 Å². The second-order valence-corrected chi connectivity index (χ2v) is 4.24. The van der Waals surface area contributed by atoms with E-state index in [1.807, 2.05) is 0 Å². The second kappa shape index (κ2) is 4.52. The number of aromatic nitrogens is 2. The molecular formula is C14H19N2+. The number of aryl methyl sites for hydroxylation is 2. The fourth-order valence-electron chi connectivity index (χ4n) is 1.96. The third-order valence-corrected chi connectivity index (χ3v) is 2.94. The summed E-state index contributed by atoms with van der Waals surface area (Å²) in [6, 6.07) is 8.63. The van der Waals surface area contributed by atoms with Crippen molar-refractivity contribution in [3.05, 3.63) is 48.0 Å². The molecule has 0 aliphatic carbocycles. The number of hydrogen-bond donors (Lipinski definition) is 0. The Kier molecular flexibility index (Phi) is 3.09. The number of benzene rings is 1. The van der Waals surface area contributed by atoms with E-state index in [0.717, 1.165) is 6.54 Å². The van der Waals surface area contributed by atoms with E-state index in [2.05, 4.69) is 66.6 Å². The highest BCUT2D eigenvalue weighted by Gasteiger charge is 2.12. The fraction of sp³-hybridized carbons (Fsp3) is 0.357. The average molecular weight is 215 g/mol. The monoisotopic (exact) mass is 215 g/mol. The van der Waals surface area contributed by atoms with Gasteiger partial charge in [0, 0.05) is 6.92 Å². The Hall–Kier alpha value is -1.57. The highest BCUT2D eigenvalue weighted by Crippen LogP contribution is 2.10. The predicted octanol–water partition coefficient (Wildman–Crippen LogP) is 2.79. The van der Waals surface area contributed by atoms with Crippen LogP contribution < -0.4 is 4.57 Å². The summed E-state index contributed by atoms with van der Waals surface area (Å²) >= 11 is 0. The first kappa shape index (κ1) is 10.9. The first-order valence-electron chi connectivity index (χ1n) is 5.87. The molecule has 1 heterocycles. The zero-order chi connectivity index (χ0) is 11.5. The summed E-state index contributed by atoms with van der Waals surface area (Å²) < 4.78 is 4.52. The molecule has 0 amide bonds. The highest BCUT2D eigenvalue weighted by molar-refractivity contribution is 5.34. The van der Waals surface area contributed by atoms with Gasteiger partial charge < -0.3 is 0 Å². The first-order chi connectivity index (χ1) is 7.72. The lowest BCUT2D eigenvalue weighted by atomic mass is 10.2. The fourth-order valence-corrected chi connectivity index (χ4v) is 1.96. The first-order valence-corrected chi connectivity index (χ1v) is 5.87. The summed E-state index contributed by atoms with van der Waals surface area (Å²) in [6.45, 7) is 7.57. The van der Waals surface area contributed by atoms with Gasteiger partial charge in [0.15, 0.2) is 0 Å². The molecule has 0 atom stereocenters. The maximum absolute atomic E-state index is 2.29. The zero-order valence-corrected chi connectivity index (χ0v) is 10.3. The maximum atomic E-state index is 2.29. The Balaban J connectivity index is 2.37. The van der Waals surface area contributed by atoms with Crippen molar-refractivity contribution in [3.63, 3.8) is 0 Å². The van der Waals surface area contributed by atoms with Crippen LogP contribution in [-0.4, -0.2) is 4.57 Å². The van der Waals surface area contributed by atoms with Crippen molar-refractivity contribution in [2.45, 2.75) is 33.7 Å². The van der Waals surface area contributed by atoms with Crippen LogP contribution in [-0.2, 0) is 6.54 Å². The minimum Gasteiger partial charge on any atom is -0.234 e. The van der Waals surface area contributed by atoms with Crippen molar-refractivity contribution < 1.29 is 4.57 Å². The molecule has 84 valence electrons. The smallest absolute Gasteiger partial charge is 0.234 e. The number of hydrogen-bond acceptors (Lipinski definition) is 0. The molecule has 0 N–H and O–H groups in total. The van der Waals surface area contributed by atoms with Crippen LogP contribution >= 0.6 is 0 Å². The number of nitrogens with zero attached hydrogens (tertiary/aromatic N) is 2. The third-order valence-electron chi connectivity index (χ3n) is 2.94. The van der Waals surface area contributed by atoms with Crippen molar-refractivity contribution in [1.82, 2.24) is 4.57 Å². The minimum atomic E-state index is 1.09. The van der Waals surface area contributed by atoms with Crippen molar-refractivity contribution in [2.75, 3.05) is 0 Å². The van der Waals surface area contributed by atoms with E-state index in [1.165, 1.54) is 23.5 Å². The Labute approximate surface area is 97.2 Å². The summed E-state index contributed by atoms with van der Waals surface area (Å²) in [5.41, 5.74) is 2.54. The summed E-state index contributed by atoms with van der Waals surface area (Å²) in [5, 5.41) is 0. The topological polar surface area (TPSA) is 8.81 Å². The average Bonchev–Trinajstić information content (AvgIpc) is 2.63. The van der Waals surface area contributed by atoms with Gasteiger partial charge in [-0.05, 0) is 25.5 Å². The molecule has 0 saturated carbocycles. The lowest BCUT2D eigenvalue weighted by Crippen LogP contribution is -2.34. The predicted molar refractivity (Wildman–Crippen MR) is 65.7 cm³/mol. The van der Waals surface area contributed by atoms with E-state index in [9.17, 15) is 0 Å². The van der Waals surface area contributed by atoms with Crippen LogP contribution in [0.3, 0.4) is 0 Å². The molecule has 1 aromatic heterocycles. The lowest BCUT2D eigenvalue weighted by Gasteiger charge is -2.00. The molecule has 0 aliphatic rings. The largest absolute Gasteiger partial charge is 0.258 e. The molecule has 2 aromatic rings. The van der Waals surface area contributed by atoms with Gasteiger partial charge in [0.1, 0.15) is 18.1 Å². The number of imidazole rings is 1. The van der Waals surface area contributed by atoms with Crippen LogP contribution in [0.5, 0.6) is 0 Å². The molecule has 2 nitrogen and oxygen atoms in total. The van der Waals surface area contributed by atoms with Gasteiger partial charge in [-0.25, -0.2) is 9.13 Å². The summed E-state index contributed by atoms with van der Waals surface area (Å²) in [7, 11) is 0. The number of rotatable bonds is 3. The molecule has 2 heteroatoms. The van der Waals surface area contributed by atoms with Crippen LogP contribution in [0.15, 0.2) is 36.7 Å². The Morgan fingerprint density at radius 1 is 1.12 bits per heavy atom. The molecule has 0 saturated heterocycles. The van der Waals surface area contributed by atoms with Crippen molar-refractivity contribution >= 4 is 0 Å². The van der Waals surface area contributed by atoms with Gasteiger partial charge in [-0.3, -0.25) is 0 Å². The normalized spacial score (nSPS) is 10.7. The molecule has 16 heavy (non-hydrogen) atoms. The van der Waals surface area contributed by atoms with E-state index >= 15 is 0 Å². The molecule has 0 bridgehead atoms. The molecule has 0 fully saturated rings. The summed E-state index contributed by atoms with van der Waals surface area (Å²) in [4.78, 5) is 0. The molecule has 0 unspecified atom stereocenters. The van der Waals surface area contributed by atoms with Gasteiger partial charge >= 0.3 is 0 Å².